The molecule has 14 nitrogen and oxygen atoms in total. The molecule has 0 unspecified atom stereocenters. The van der Waals surface area contributed by atoms with Crippen molar-refractivity contribution in [1.82, 2.24) is 16.0 Å². The summed E-state index contributed by atoms with van der Waals surface area (Å²) in [5, 5.41) is 7.70. The summed E-state index contributed by atoms with van der Waals surface area (Å²) in [4.78, 5) is 47.7. The predicted octanol–water partition coefficient (Wildman–Crippen LogP) is 0.854. The molecule has 0 aromatic rings. The molecule has 0 aromatic carbocycles. The average Bonchev–Trinajstić information content (AvgIpc) is 3.30. The fourth-order valence-corrected chi connectivity index (χ4v) is 4.46. The van der Waals surface area contributed by atoms with Crippen LogP contribution in [0.5, 0.6) is 0 Å². The van der Waals surface area contributed by atoms with E-state index in [0.29, 0.717) is 0 Å². The topological polar surface area (TPSA) is 169 Å². The van der Waals surface area contributed by atoms with Gasteiger partial charge in [-0.3, -0.25) is 14.4 Å². The molecule has 3 aliphatic heterocycles. The maximum atomic E-state index is 12.3. The zero-order valence-electron chi connectivity index (χ0n) is 24.3. The Bertz CT molecular complexity index is 933. The molecule has 3 N–H and O–H groups in total. The second-order valence-electron chi connectivity index (χ2n) is 11.8. The van der Waals surface area contributed by atoms with Gasteiger partial charge in [-0.25, -0.2) is 4.79 Å². The van der Waals surface area contributed by atoms with Crippen molar-refractivity contribution in [2.45, 2.75) is 116 Å². The number of nitrogens with one attached hydrogen (secondary N) is 3. The largest absolute Gasteiger partial charge is 0.463 e. The third-order valence-corrected chi connectivity index (χ3v) is 6.01. The number of rotatable bonds is 11. The summed E-state index contributed by atoms with van der Waals surface area (Å²) in [6, 6.07) is 0. The van der Waals surface area contributed by atoms with Crippen LogP contribution in [0.15, 0.2) is 0 Å². The van der Waals surface area contributed by atoms with Gasteiger partial charge in [-0.15, -0.1) is 0 Å². The molecule has 3 fully saturated rings. The highest BCUT2D eigenvalue weighted by Crippen LogP contribution is 2.44. The molecule has 3 aliphatic rings. The summed E-state index contributed by atoms with van der Waals surface area (Å²) in [6.07, 6.45) is -3.29. The lowest BCUT2D eigenvalue weighted by atomic mass is 9.99. The molecular formula is C26H43N3O11. The Hall–Kier alpha value is -2.52. The van der Waals surface area contributed by atoms with Gasteiger partial charge in [0.25, 0.3) is 0 Å². The maximum Gasteiger partial charge on any atom is 0.407 e. The first-order valence-electron chi connectivity index (χ1n) is 13.6. The molecule has 3 rings (SSSR count). The van der Waals surface area contributed by atoms with Crippen LogP contribution in [0, 0.1) is 0 Å². The Labute approximate surface area is 234 Å². The number of hydrogen-bond donors (Lipinski definition) is 3. The van der Waals surface area contributed by atoms with Crippen LogP contribution in [-0.4, -0.2) is 98.0 Å². The van der Waals surface area contributed by atoms with Crippen LogP contribution in [-0.2, 0) is 47.5 Å². The van der Waals surface area contributed by atoms with E-state index in [1.165, 1.54) is 0 Å². The minimum Gasteiger partial charge on any atom is -0.463 e. The van der Waals surface area contributed by atoms with Gasteiger partial charge in [0, 0.05) is 32.5 Å². The molecule has 0 radical (unpaired) electrons. The summed E-state index contributed by atoms with van der Waals surface area (Å²) < 4.78 is 40.3. The zero-order valence-corrected chi connectivity index (χ0v) is 24.3. The van der Waals surface area contributed by atoms with Crippen molar-refractivity contribution in [3.05, 3.63) is 0 Å². The summed E-state index contributed by atoms with van der Waals surface area (Å²) in [5.74, 6) is -2.86. The highest BCUT2D eigenvalue weighted by atomic mass is 16.9. The second-order valence-corrected chi connectivity index (χ2v) is 11.8. The van der Waals surface area contributed by atoms with Gasteiger partial charge in [0.05, 0.1) is 6.42 Å². The molecule has 3 amide bonds. The van der Waals surface area contributed by atoms with Crippen molar-refractivity contribution in [2.75, 3.05) is 26.2 Å². The van der Waals surface area contributed by atoms with Gasteiger partial charge < -0.3 is 49.1 Å². The molecule has 14 heteroatoms. The number of ether oxygens (including phenoxy) is 7. The van der Waals surface area contributed by atoms with E-state index in [9.17, 15) is 19.2 Å². The van der Waals surface area contributed by atoms with E-state index in [1.807, 2.05) is 0 Å². The number of carbonyl (C=O) groups excluding carboxylic acids is 4. The van der Waals surface area contributed by atoms with Crippen LogP contribution in [0.3, 0.4) is 0 Å². The monoisotopic (exact) mass is 573 g/mol. The quantitative estimate of drug-likeness (QED) is 0.300. The van der Waals surface area contributed by atoms with Crippen molar-refractivity contribution in [3.63, 3.8) is 0 Å². The normalized spacial score (nSPS) is 28.1. The van der Waals surface area contributed by atoms with Gasteiger partial charge in [-0.2, -0.15) is 0 Å². The summed E-state index contributed by atoms with van der Waals surface area (Å²) in [6.45, 7) is 12.6. The minimum atomic E-state index is -0.855. The van der Waals surface area contributed by atoms with Gasteiger partial charge >= 0.3 is 12.1 Å². The van der Waals surface area contributed by atoms with E-state index in [2.05, 4.69) is 16.0 Å². The molecule has 0 spiro atoms. The predicted molar refractivity (Wildman–Crippen MR) is 138 cm³/mol. The molecule has 0 aliphatic carbocycles. The number of fused-ring (bicyclic) bond motifs is 3. The van der Waals surface area contributed by atoms with Crippen molar-refractivity contribution < 1.29 is 52.3 Å². The van der Waals surface area contributed by atoms with Crippen LogP contribution in [0.4, 0.5) is 4.79 Å². The number of hydrogen-bond acceptors (Lipinski definition) is 11. The maximum absolute atomic E-state index is 12.3. The lowest BCUT2D eigenvalue weighted by Gasteiger charge is -2.36. The van der Waals surface area contributed by atoms with Gasteiger partial charge in [0.1, 0.15) is 36.6 Å². The molecular weight excluding hydrogens is 530 g/mol. The molecule has 3 saturated heterocycles. The van der Waals surface area contributed by atoms with E-state index in [0.717, 1.165) is 0 Å². The fraction of sp³-hybridized carbons (Fsp3) is 0.846. The average molecular weight is 574 g/mol. The van der Waals surface area contributed by atoms with E-state index in [-0.39, 0.29) is 57.3 Å². The summed E-state index contributed by atoms with van der Waals surface area (Å²) >= 11 is 0. The summed E-state index contributed by atoms with van der Waals surface area (Å²) in [7, 11) is 0. The third kappa shape index (κ3) is 9.84. The molecule has 0 saturated carbocycles. The second kappa shape index (κ2) is 13.0. The molecule has 5 atom stereocenters. The fourth-order valence-electron chi connectivity index (χ4n) is 4.46. The van der Waals surface area contributed by atoms with Gasteiger partial charge in [0.2, 0.25) is 11.8 Å². The van der Waals surface area contributed by atoms with Gasteiger partial charge in [-0.05, 0) is 48.5 Å². The number of esters is 1. The lowest BCUT2D eigenvalue weighted by molar-refractivity contribution is -0.242. The van der Waals surface area contributed by atoms with E-state index < -0.39 is 59.9 Å². The van der Waals surface area contributed by atoms with E-state index in [4.69, 9.17) is 33.2 Å². The third-order valence-electron chi connectivity index (χ3n) is 6.01. The standard InChI is InChI=1S/C26H43N3O11/c1-24(2,3)40-23(33)29-12-9-17(31)27-11-8-16(30)28-13-10-18(32)34-14-15-19-20(37-25(4,5)36-19)21-22(35-15)39-26(6,7)38-21/h15,19-22H,8-14H2,1-7H3,(H,27,31)(H,28,30)(H,29,33)/t15-,19+,20+,21-,22-/m1/s1. The SMILES string of the molecule is CC(C)(C)OC(=O)NCCC(=O)NCCC(=O)NCCC(=O)OC[C@H]1O[C@@H]2OC(C)(C)O[C@@H]2[C@H]2OC(C)(C)O[C@H]21. The van der Waals surface area contributed by atoms with Crippen molar-refractivity contribution in [3.8, 4) is 0 Å². The molecule has 3 heterocycles. The van der Waals surface area contributed by atoms with Crippen molar-refractivity contribution in [2.24, 2.45) is 0 Å². The van der Waals surface area contributed by atoms with Crippen LogP contribution in [0.2, 0.25) is 0 Å². The van der Waals surface area contributed by atoms with Crippen LogP contribution < -0.4 is 16.0 Å². The van der Waals surface area contributed by atoms with Crippen LogP contribution in [0.1, 0.15) is 67.7 Å². The van der Waals surface area contributed by atoms with Crippen LogP contribution >= 0.6 is 0 Å². The minimum absolute atomic E-state index is 0.0351. The molecule has 40 heavy (non-hydrogen) atoms. The first kappa shape index (κ1) is 32.0. The Kier molecular flexibility index (Phi) is 10.4. The first-order chi connectivity index (χ1) is 18.5. The molecule has 228 valence electrons. The Morgan fingerprint density at radius 2 is 1.25 bits per heavy atom. The van der Waals surface area contributed by atoms with Crippen LogP contribution in [0.25, 0.3) is 0 Å². The van der Waals surface area contributed by atoms with Gasteiger partial charge in [-0.1, -0.05) is 0 Å². The highest BCUT2D eigenvalue weighted by molar-refractivity contribution is 5.79. The molecule has 0 aromatic heterocycles. The summed E-state index contributed by atoms with van der Waals surface area (Å²) in [5.41, 5.74) is -0.622. The molecule has 0 bridgehead atoms. The highest BCUT2D eigenvalue weighted by Gasteiger charge is 2.60. The van der Waals surface area contributed by atoms with Crippen molar-refractivity contribution in [1.29, 1.82) is 0 Å². The smallest absolute Gasteiger partial charge is 0.407 e. The van der Waals surface area contributed by atoms with Gasteiger partial charge in [0.15, 0.2) is 17.9 Å². The number of alkyl carbamates (subject to hydrolysis) is 1. The van der Waals surface area contributed by atoms with E-state index >= 15 is 0 Å². The Morgan fingerprint density at radius 3 is 1.88 bits per heavy atom. The lowest BCUT2D eigenvalue weighted by Crippen LogP contribution is -2.56. The van der Waals surface area contributed by atoms with E-state index in [1.54, 1.807) is 48.5 Å². The Balaban J connectivity index is 1.28. The first-order valence-corrected chi connectivity index (χ1v) is 13.6. The zero-order chi connectivity index (χ0) is 29.7. The van der Waals surface area contributed by atoms with Crippen molar-refractivity contribution >= 4 is 23.9 Å². The Morgan fingerprint density at radius 1 is 0.725 bits per heavy atom. The number of amides is 3. The number of carbonyl (C=O) groups is 4.